The Balaban J connectivity index is 2.87. The second-order valence-electron chi connectivity index (χ2n) is 4.95. The molecule has 0 amide bonds. The minimum atomic E-state index is -1.65. The van der Waals surface area contributed by atoms with Crippen LogP contribution in [0.3, 0.4) is 0 Å². The van der Waals surface area contributed by atoms with E-state index in [2.05, 4.69) is 0 Å². The van der Waals surface area contributed by atoms with Crippen molar-refractivity contribution in [3.8, 4) is 0 Å². The van der Waals surface area contributed by atoms with Gasteiger partial charge in [-0.3, -0.25) is 0 Å². The van der Waals surface area contributed by atoms with Gasteiger partial charge < -0.3 is 8.99 Å². The highest BCUT2D eigenvalue weighted by Gasteiger charge is 2.43. The summed E-state index contributed by atoms with van der Waals surface area (Å²) in [7, 11) is -1.65. The third-order valence-corrected chi connectivity index (χ3v) is 3.87. The Morgan fingerprint density at radius 2 is 1.93 bits per heavy atom. The lowest BCUT2D eigenvalue weighted by molar-refractivity contribution is -0.285. The molecule has 1 unspecified atom stereocenters. The Kier molecular flexibility index (Phi) is 3.23. The largest absolute Gasteiger partial charge is 0.445 e. The molecule has 0 saturated carbocycles. The van der Waals surface area contributed by atoms with Crippen LogP contribution in [0.5, 0.6) is 0 Å². The van der Waals surface area contributed by atoms with E-state index in [4.69, 9.17) is 4.78 Å². The average Bonchev–Trinajstić information content (AvgIpc) is 1.98. The monoisotopic (exact) mass is 218 g/mol. The molecular formula is C9H18N2O2S-. The number of hydrogen-bond acceptors (Lipinski definition) is 4. The van der Waals surface area contributed by atoms with Crippen molar-refractivity contribution in [3.63, 3.8) is 0 Å². The Morgan fingerprint density at radius 3 is 2.43 bits per heavy atom. The number of rotatable bonds is 2. The summed E-state index contributed by atoms with van der Waals surface area (Å²) < 4.78 is 18.0. The van der Waals surface area contributed by atoms with Gasteiger partial charge in [-0.15, -0.1) is 10.3 Å². The topological polar surface area (TPSA) is 64.1 Å². The average molecular weight is 218 g/mol. The van der Waals surface area contributed by atoms with Gasteiger partial charge in [0.1, 0.15) is 0 Å². The summed E-state index contributed by atoms with van der Waals surface area (Å²) in [5, 5.41) is 13.1. The smallest absolute Gasteiger partial charge is 0.0443 e. The first-order valence-electron chi connectivity index (χ1n) is 4.85. The van der Waals surface area contributed by atoms with Crippen molar-refractivity contribution in [2.75, 3.05) is 5.75 Å². The second kappa shape index (κ2) is 3.79. The molecule has 0 aromatic carbocycles. The summed E-state index contributed by atoms with van der Waals surface area (Å²) in [5.41, 5.74) is -0.999. The summed E-state index contributed by atoms with van der Waals surface area (Å²) in [6.07, 6.45) is 2.58. The van der Waals surface area contributed by atoms with Crippen molar-refractivity contribution in [1.29, 1.82) is 4.78 Å². The van der Waals surface area contributed by atoms with Crippen molar-refractivity contribution >= 4 is 10.6 Å². The summed E-state index contributed by atoms with van der Waals surface area (Å²) in [4.78, 5) is 0. The van der Waals surface area contributed by atoms with Gasteiger partial charge in [0.25, 0.3) is 0 Å². The molecule has 1 aliphatic heterocycles. The lowest BCUT2D eigenvalue weighted by Crippen LogP contribution is -2.59. The predicted octanol–water partition coefficient (Wildman–Crippen LogP) is 2.08. The summed E-state index contributed by atoms with van der Waals surface area (Å²) in [6.45, 7) is 5.63. The van der Waals surface area contributed by atoms with Gasteiger partial charge >= 0.3 is 0 Å². The van der Waals surface area contributed by atoms with Crippen molar-refractivity contribution in [3.05, 3.63) is 0 Å². The fourth-order valence-electron chi connectivity index (χ4n) is 2.25. The van der Waals surface area contributed by atoms with Crippen LogP contribution in [0.25, 0.3) is 0 Å². The van der Waals surface area contributed by atoms with Gasteiger partial charge in [-0.2, -0.15) is 10.6 Å². The zero-order chi connectivity index (χ0) is 11.0. The zero-order valence-electron chi connectivity index (χ0n) is 9.00. The van der Waals surface area contributed by atoms with Gasteiger partial charge in [0, 0.05) is 11.1 Å². The first-order chi connectivity index (χ1) is 6.28. The molecule has 5 heteroatoms. The molecule has 0 bridgehead atoms. The fourth-order valence-corrected chi connectivity index (χ4v) is 3.08. The van der Waals surface area contributed by atoms with Crippen molar-refractivity contribution in [2.45, 2.75) is 51.1 Å². The minimum absolute atomic E-state index is 0.153. The summed E-state index contributed by atoms with van der Waals surface area (Å²) in [5.74, 6) is 0.153. The van der Waals surface area contributed by atoms with E-state index >= 15 is 0 Å². The van der Waals surface area contributed by atoms with E-state index in [0.29, 0.717) is 0 Å². The lowest BCUT2D eigenvalue weighted by Gasteiger charge is -2.49. The molecule has 1 atom stereocenters. The van der Waals surface area contributed by atoms with Crippen LogP contribution in [0.4, 0.5) is 0 Å². The molecule has 14 heavy (non-hydrogen) atoms. The van der Waals surface area contributed by atoms with Crippen LogP contribution in [0.15, 0.2) is 0 Å². The Bertz CT molecular complexity index is 281. The van der Waals surface area contributed by atoms with Crippen LogP contribution in [0.2, 0.25) is 0 Å². The van der Waals surface area contributed by atoms with E-state index in [1.165, 1.54) is 0 Å². The Morgan fingerprint density at radius 1 is 1.36 bits per heavy atom. The first kappa shape index (κ1) is 11.9. The molecule has 0 aliphatic carbocycles. The third kappa shape index (κ3) is 2.27. The molecule has 0 aromatic heterocycles. The van der Waals surface area contributed by atoms with Crippen LogP contribution in [0.1, 0.15) is 40.0 Å². The van der Waals surface area contributed by atoms with Gasteiger partial charge in [0.2, 0.25) is 0 Å². The molecule has 1 N–H and O–H groups in total. The second-order valence-corrected chi connectivity index (χ2v) is 5.93. The summed E-state index contributed by atoms with van der Waals surface area (Å²) in [6, 6.07) is 0. The van der Waals surface area contributed by atoms with E-state index in [-0.39, 0.29) is 11.3 Å². The van der Waals surface area contributed by atoms with Crippen LogP contribution < -0.4 is 0 Å². The minimum Gasteiger partial charge on any atom is -0.445 e. The standard InChI is InChI=1S/C9H18N2O2S/c1-8(2)5-4-6-9(3,11(8)12)7-14(10)13/h10H,4-7H2,1-3H3/q-1. The highest BCUT2D eigenvalue weighted by molar-refractivity contribution is 7.73. The molecule has 0 spiro atoms. The number of hydroxylamine groups is 2. The Hall–Kier alpha value is -0.130. The summed E-state index contributed by atoms with van der Waals surface area (Å²) >= 11 is 0. The van der Waals surface area contributed by atoms with Gasteiger partial charge in [-0.1, -0.05) is 5.75 Å². The SMILES string of the molecule is CC1(C)CCCC(C)(C[S-](=N)=O)N1[O]. The Labute approximate surface area is 87.3 Å². The number of nitrogens with zero attached hydrogens (tertiary/aromatic N) is 1. The van der Waals surface area contributed by atoms with Crippen LogP contribution >= 0.6 is 0 Å². The molecule has 1 radical (unpaired) electrons. The fraction of sp³-hybridized carbons (Fsp3) is 1.00. The predicted molar refractivity (Wildman–Crippen MR) is 54.5 cm³/mol. The maximum absolute atomic E-state index is 12.0. The molecule has 1 rings (SSSR count). The van der Waals surface area contributed by atoms with E-state index in [0.717, 1.165) is 24.3 Å². The molecule has 4 nitrogen and oxygen atoms in total. The third-order valence-electron chi connectivity index (χ3n) is 2.99. The van der Waals surface area contributed by atoms with E-state index < -0.39 is 16.1 Å². The van der Waals surface area contributed by atoms with Gasteiger partial charge in [0.05, 0.1) is 0 Å². The highest BCUT2D eigenvalue weighted by Crippen LogP contribution is 2.37. The molecule has 1 saturated heterocycles. The van der Waals surface area contributed by atoms with Crippen LogP contribution in [-0.4, -0.2) is 21.9 Å². The van der Waals surface area contributed by atoms with Crippen molar-refractivity contribution < 1.29 is 9.42 Å². The molecule has 1 fully saturated rings. The molecule has 0 aromatic rings. The van der Waals surface area contributed by atoms with E-state index in [1.807, 2.05) is 20.8 Å². The van der Waals surface area contributed by atoms with E-state index in [9.17, 15) is 9.42 Å². The number of nitrogens with one attached hydrogen (secondary N) is 1. The van der Waals surface area contributed by atoms with Gasteiger partial charge in [-0.05, 0) is 40.0 Å². The van der Waals surface area contributed by atoms with Crippen molar-refractivity contribution in [2.24, 2.45) is 0 Å². The maximum atomic E-state index is 12.0. The van der Waals surface area contributed by atoms with Crippen LogP contribution in [-0.2, 0) is 20.0 Å². The molecular weight excluding hydrogens is 200 g/mol. The van der Waals surface area contributed by atoms with Gasteiger partial charge in [0.15, 0.2) is 0 Å². The van der Waals surface area contributed by atoms with Crippen molar-refractivity contribution in [1.82, 2.24) is 5.06 Å². The maximum Gasteiger partial charge on any atom is 0.0443 e. The number of hydrogen-bond donors (Lipinski definition) is 1. The van der Waals surface area contributed by atoms with E-state index in [1.54, 1.807) is 0 Å². The molecule has 1 heterocycles. The quantitative estimate of drug-likeness (QED) is 0.721. The highest BCUT2D eigenvalue weighted by atomic mass is 32.2. The lowest BCUT2D eigenvalue weighted by atomic mass is 9.82. The normalized spacial score (nSPS) is 33.5. The molecule has 83 valence electrons. The number of piperidine rings is 1. The van der Waals surface area contributed by atoms with Gasteiger partial charge in [-0.25, -0.2) is 0 Å². The zero-order valence-corrected chi connectivity index (χ0v) is 9.82. The molecule has 1 aliphatic rings. The first-order valence-corrected chi connectivity index (χ1v) is 6.17. The van der Waals surface area contributed by atoms with Crippen LogP contribution in [0, 0.1) is 4.78 Å².